The predicted molar refractivity (Wildman–Crippen MR) is 86.6 cm³/mol. The van der Waals surface area contributed by atoms with E-state index in [2.05, 4.69) is 45.6 Å². The van der Waals surface area contributed by atoms with Crippen LogP contribution in [0.15, 0.2) is 27.8 Å². The Hall–Kier alpha value is -1.14. The average Bonchev–Trinajstić information content (AvgIpc) is 2.36. The summed E-state index contributed by atoms with van der Waals surface area (Å²) in [6.07, 6.45) is 1.80. The van der Waals surface area contributed by atoms with E-state index in [0.29, 0.717) is 17.6 Å². The molecule has 0 fully saturated rings. The van der Waals surface area contributed by atoms with Crippen LogP contribution in [-0.2, 0) is 6.54 Å². The van der Waals surface area contributed by atoms with Crippen molar-refractivity contribution in [3.05, 3.63) is 28.2 Å². The Labute approximate surface area is 127 Å². The normalized spacial score (nSPS) is 10.8. The number of nitrogens with one attached hydrogen (secondary N) is 2. The van der Waals surface area contributed by atoms with Crippen molar-refractivity contribution in [3.63, 3.8) is 0 Å². The number of hydrazone groups is 1. The molecule has 1 aromatic carbocycles. The van der Waals surface area contributed by atoms with Gasteiger partial charge in [0.25, 0.3) is 0 Å². The first-order valence-corrected chi connectivity index (χ1v) is 7.12. The van der Waals surface area contributed by atoms with Gasteiger partial charge in [-0.3, -0.25) is 5.43 Å². The maximum absolute atomic E-state index is 5.18. The van der Waals surface area contributed by atoms with Gasteiger partial charge in [0.1, 0.15) is 5.75 Å². The Morgan fingerprint density at radius 3 is 2.84 bits per heavy atom. The number of rotatable bonds is 5. The molecule has 4 nitrogen and oxygen atoms in total. The highest BCUT2D eigenvalue weighted by molar-refractivity contribution is 9.10. The molecule has 0 atom stereocenters. The van der Waals surface area contributed by atoms with Crippen LogP contribution in [0.3, 0.4) is 0 Å². The van der Waals surface area contributed by atoms with Gasteiger partial charge in [-0.25, -0.2) is 0 Å². The van der Waals surface area contributed by atoms with Crippen LogP contribution in [-0.4, -0.2) is 18.4 Å². The van der Waals surface area contributed by atoms with E-state index in [1.807, 2.05) is 18.2 Å². The highest BCUT2D eigenvalue weighted by atomic mass is 79.9. The molecule has 0 aliphatic rings. The lowest BCUT2D eigenvalue weighted by atomic mass is 10.2. The lowest BCUT2D eigenvalue weighted by molar-refractivity contribution is 0.412. The summed E-state index contributed by atoms with van der Waals surface area (Å²) in [6, 6.07) is 5.89. The monoisotopic (exact) mass is 343 g/mol. The smallest absolute Gasteiger partial charge is 0.187 e. The summed E-state index contributed by atoms with van der Waals surface area (Å²) in [7, 11) is 1.64. The van der Waals surface area contributed by atoms with Crippen LogP contribution < -0.4 is 15.5 Å². The number of methoxy groups -OCH3 is 1. The molecule has 0 heterocycles. The first kappa shape index (κ1) is 15.9. The standard InChI is InChI=1S/C13H18BrN3OS/c1-9(2)7-16-17-13(19)15-8-10-4-5-12(18-3)11(14)6-10/h4-7,9H,8H2,1-3H3,(H2,15,17,19)/b16-7-. The number of thiocarbonyl (C=S) groups is 1. The van der Waals surface area contributed by atoms with E-state index in [0.717, 1.165) is 15.8 Å². The van der Waals surface area contributed by atoms with E-state index in [1.165, 1.54) is 0 Å². The summed E-state index contributed by atoms with van der Waals surface area (Å²) in [6.45, 7) is 4.73. The van der Waals surface area contributed by atoms with Crippen LogP contribution in [0, 0.1) is 5.92 Å². The third kappa shape index (κ3) is 6.02. The minimum absolute atomic E-state index is 0.396. The van der Waals surface area contributed by atoms with Gasteiger partial charge in [0.05, 0.1) is 11.6 Å². The van der Waals surface area contributed by atoms with Crippen molar-refractivity contribution in [3.8, 4) is 5.75 Å². The molecule has 0 aliphatic carbocycles. The number of hydrogen-bond acceptors (Lipinski definition) is 3. The molecule has 1 rings (SSSR count). The second-order valence-corrected chi connectivity index (χ2v) is 5.55. The maximum Gasteiger partial charge on any atom is 0.187 e. The topological polar surface area (TPSA) is 45.6 Å². The number of ether oxygens (including phenoxy) is 1. The minimum atomic E-state index is 0.396. The van der Waals surface area contributed by atoms with E-state index < -0.39 is 0 Å². The van der Waals surface area contributed by atoms with E-state index in [9.17, 15) is 0 Å². The molecule has 104 valence electrons. The lowest BCUT2D eigenvalue weighted by Crippen LogP contribution is -2.31. The van der Waals surface area contributed by atoms with Crippen molar-refractivity contribution in [2.45, 2.75) is 20.4 Å². The fourth-order valence-corrected chi connectivity index (χ4v) is 2.00. The van der Waals surface area contributed by atoms with Crippen LogP contribution in [0.25, 0.3) is 0 Å². The van der Waals surface area contributed by atoms with E-state index in [1.54, 1.807) is 13.3 Å². The Kier molecular flexibility index (Phi) is 6.80. The first-order valence-electron chi connectivity index (χ1n) is 5.92. The molecule has 1 aromatic rings. The maximum atomic E-state index is 5.18. The van der Waals surface area contributed by atoms with Crippen molar-refractivity contribution in [1.29, 1.82) is 0 Å². The third-order valence-corrected chi connectivity index (χ3v) is 3.06. The van der Waals surface area contributed by atoms with Gasteiger partial charge in [0.15, 0.2) is 5.11 Å². The molecule has 0 bridgehead atoms. The van der Waals surface area contributed by atoms with Gasteiger partial charge in [-0.2, -0.15) is 5.10 Å². The molecule has 19 heavy (non-hydrogen) atoms. The highest BCUT2D eigenvalue weighted by Crippen LogP contribution is 2.25. The minimum Gasteiger partial charge on any atom is -0.496 e. The fraction of sp³-hybridized carbons (Fsp3) is 0.385. The predicted octanol–water partition coefficient (Wildman–Crippen LogP) is 3.06. The summed E-state index contributed by atoms with van der Waals surface area (Å²) in [5, 5.41) is 7.61. The van der Waals surface area contributed by atoms with Crippen molar-refractivity contribution in [2.75, 3.05) is 7.11 Å². The van der Waals surface area contributed by atoms with Gasteiger partial charge in [-0.05, 0) is 51.8 Å². The van der Waals surface area contributed by atoms with Crippen molar-refractivity contribution < 1.29 is 4.74 Å². The van der Waals surface area contributed by atoms with Crippen LogP contribution in [0.4, 0.5) is 0 Å². The SMILES string of the molecule is COc1ccc(CNC(=S)N/N=C\C(C)C)cc1Br. The quantitative estimate of drug-likeness (QED) is 0.490. The number of benzene rings is 1. The molecular formula is C13H18BrN3OS. The highest BCUT2D eigenvalue weighted by Gasteiger charge is 2.01. The summed E-state index contributed by atoms with van der Waals surface area (Å²) in [5.74, 6) is 1.21. The van der Waals surface area contributed by atoms with E-state index >= 15 is 0 Å². The van der Waals surface area contributed by atoms with Gasteiger partial charge in [-0.1, -0.05) is 19.9 Å². The van der Waals surface area contributed by atoms with E-state index in [-0.39, 0.29) is 0 Å². The summed E-state index contributed by atoms with van der Waals surface area (Å²) < 4.78 is 6.10. The molecule has 0 aliphatic heterocycles. The summed E-state index contributed by atoms with van der Waals surface area (Å²) in [5.41, 5.74) is 3.88. The van der Waals surface area contributed by atoms with Crippen molar-refractivity contribution >= 4 is 39.5 Å². The molecular weight excluding hydrogens is 326 g/mol. The summed E-state index contributed by atoms with van der Waals surface area (Å²) in [4.78, 5) is 0. The van der Waals surface area contributed by atoms with Gasteiger partial charge in [-0.15, -0.1) is 0 Å². The van der Waals surface area contributed by atoms with Crippen molar-refractivity contribution in [1.82, 2.24) is 10.7 Å². The lowest BCUT2D eigenvalue weighted by Gasteiger charge is -2.09. The van der Waals surface area contributed by atoms with Crippen LogP contribution in [0.2, 0.25) is 0 Å². The van der Waals surface area contributed by atoms with Crippen molar-refractivity contribution in [2.24, 2.45) is 11.0 Å². The fourth-order valence-electron chi connectivity index (χ4n) is 1.29. The van der Waals surface area contributed by atoms with E-state index in [4.69, 9.17) is 17.0 Å². The Bertz CT molecular complexity index is 463. The zero-order valence-corrected chi connectivity index (χ0v) is 13.6. The van der Waals surface area contributed by atoms with Gasteiger partial charge in [0.2, 0.25) is 0 Å². The second-order valence-electron chi connectivity index (χ2n) is 4.29. The molecule has 0 aromatic heterocycles. The Morgan fingerprint density at radius 2 is 2.26 bits per heavy atom. The zero-order valence-electron chi connectivity index (χ0n) is 11.2. The number of hydrogen-bond donors (Lipinski definition) is 2. The molecule has 6 heteroatoms. The molecule has 0 saturated carbocycles. The molecule has 0 radical (unpaired) electrons. The summed E-state index contributed by atoms with van der Waals surface area (Å²) >= 11 is 8.56. The second kappa shape index (κ2) is 8.12. The largest absolute Gasteiger partial charge is 0.496 e. The number of nitrogens with zero attached hydrogens (tertiary/aromatic N) is 1. The Balaban J connectivity index is 2.44. The first-order chi connectivity index (χ1) is 9.02. The van der Waals surface area contributed by atoms with Gasteiger partial charge in [0, 0.05) is 12.8 Å². The molecule has 2 N–H and O–H groups in total. The molecule has 0 unspecified atom stereocenters. The van der Waals surface area contributed by atoms with Crippen LogP contribution >= 0.6 is 28.1 Å². The molecule has 0 saturated heterocycles. The molecule has 0 amide bonds. The number of halogens is 1. The van der Waals surface area contributed by atoms with Gasteiger partial charge < -0.3 is 10.1 Å². The van der Waals surface area contributed by atoms with Gasteiger partial charge >= 0.3 is 0 Å². The van der Waals surface area contributed by atoms with Crippen LogP contribution in [0.5, 0.6) is 5.75 Å². The zero-order chi connectivity index (χ0) is 14.3. The van der Waals surface area contributed by atoms with Crippen LogP contribution in [0.1, 0.15) is 19.4 Å². The average molecular weight is 344 g/mol. The Morgan fingerprint density at radius 1 is 1.53 bits per heavy atom. The third-order valence-electron chi connectivity index (χ3n) is 2.21. The molecule has 0 spiro atoms.